The van der Waals surface area contributed by atoms with E-state index in [2.05, 4.69) is 11.6 Å². The number of carbonyl (C=O) groups is 1. The summed E-state index contributed by atoms with van der Waals surface area (Å²) in [6.45, 7) is 6.94. The average molecular weight is 298 g/mol. The molecule has 0 spiro atoms. The molecule has 0 radical (unpaired) electrons. The number of aromatic nitrogens is 1. The smallest absolute Gasteiger partial charge is 0.254 e. The molecule has 1 aromatic carbocycles. The van der Waals surface area contributed by atoms with Crippen LogP contribution in [0.4, 0.5) is 4.39 Å². The second kappa shape index (κ2) is 7.50. The van der Waals surface area contributed by atoms with E-state index in [0.717, 1.165) is 12.0 Å². The molecular weight excluding hydrogens is 279 g/mol. The van der Waals surface area contributed by atoms with Crippen LogP contribution >= 0.6 is 0 Å². The molecule has 4 heteroatoms. The molecule has 22 heavy (non-hydrogen) atoms. The number of hydrogen-bond donors (Lipinski definition) is 0. The number of carbonyl (C=O) groups excluding carboxylic acids is 1. The number of benzene rings is 1. The van der Waals surface area contributed by atoms with Crippen LogP contribution in [0.5, 0.6) is 0 Å². The predicted molar refractivity (Wildman–Crippen MR) is 86.0 cm³/mol. The lowest BCUT2D eigenvalue weighted by atomic mass is 10.0. The Morgan fingerprint density at radius 3 is 2.59 bits per heavy atom. The lowest BCUT2D eigenvalue weighted by Crippen LogP contribution is -2.31. The van der Waals surface area contributed by atoms with Crippen LogP contribution in [0, 0.1) is 5.82 Å². The topological polar surface area (TPSA) is 33.2 Å². The molecule has 0 saturated heterocycles. The van der Waals surface area contributed by atoms with Crippen molar-refractivity contribution in [3.05, 3.63) is 66.8 Å². The Kier molecular flexibility index (Phi) is 5.42. The van der Waals surface area contributed by atoms with Gasteiger partial charge in [-0.15, -0.1) is 6.58 Å². The fourth-order valence-electron chi connectivity index (χ4n) is 2.26. The van der Waals surface area contributed by atoms with E-state index in [1.54, 1.807) is 29.3 Å². The van der Waals surface area contributed by atoms with Gasteiger partial charge in [-0.25, -0.2) is 4.39 Å². The van der Waals surface area contributed by atoms with Crippen molar-refractivity contribution >= 4 is 5.91 Å². The number of halogens is 1. The molecule has 0 aliphatic heterocycles. The summed E-state index contributed by atoms with van der Waals surface area (Å²) in [7, 11) is 0. The monoisotopic (exact) mass is 298 g/mol. The summed E-state index contributed by atoms with van der Waals surface area (Å²) in [5.74, 6) is -0.400. The summed E-state index contributed by atoms with van der Waals surface area (Å²) in [4.78, 5) is 18.0. The van der Waals surface area contributed by atoms with Gasteiger partial charge in [0.2, 0.25) is 0 Å². The summed E-state index contributed by atoms with van der Waals surface area (Å²) in [6.07, 6.45) is 5.38. The Balaban J connectivity index is 2.20. The van der Waals surface area contributed by atoms with Crippen molar-refractivity contribution in [3.63, 3.8) is 0 Å². The van der Waals surface area contributed by atoms with Crippen molar-refractivity contribution in [2.24, 2.45) is 0 Å². The second-order valence-electron chi connectivity index (χ2n) is 5.01. The highest BCUT2D eigenvalue weighted by Crippen LogP contribution is 2.20. The van der Waals surface area contributed by atoms with Crippen LogP contribution in [0.15, 0.2) is 55.4 Å². The van der Waals surface area contributed by atoms with Gasteiger partial charge in [0, 0.05) is 30.4 Å². The molecule has 0 aliphatic carbocycles. The minimum Gasteiger partial charge on any atom is -0.335 e. The van der Waals surface area contributed by atoms with Crippen molar-refractivity contribution in [2.75, 3.05) is 13.1 Å². The largest absolute Gasteiger partial charge is 0.335 e. The first-order chi connectivity index (χ1) is 10.7. The maximum atomic E-state index is 13.2. The normalized spacial score (nSPS) is 10.3. The lowest BCUT2D eigenvalue weighted by Gasteiger charge is -2.20. The second-order valence-corrected chi connectivity index (χ2v) is 5.01. The third-order valence-corrected chi connectivity index (χ3v) is 3.30. The Hall–Kier alpha value is -2.49. The zero-order valence-electron chi connectivity index (χ0n) is 12.6. The summed E-state index contributed by atoms with van der Waals surface area (Å²) in [5.41, 5.74) is 2.13. The highest BCUT2D eigenvalue weighted by atomic mass is 19.1. The fourth-order valence-corrected chi connectivity index (χ4v) is 2.26. The van der Waals surface area contributed by atoms with E-state index in [1.165, 1.54) is 12.3 Å². The molecule has 0 aliphatic rings. The van der Waals surface area contributed by atoms with E-state index in [4.69, 9.17) is 0 Å². The molecule has 2 aromatic rings. The molecule has 0 fully saturated rings. The van der Waals surface area contributed by atoms with Gasteiger partial charge in [0.05, 0.1) is 6.20 Å². The van der Waals surface area contributed by atoms with E-state index in [-0.39, 0.29) is 11.7 Å². The standard InChI is InChI=1S/C18H19FN2O/c1-3-9-21(10-4-2)18(22)15-7-5-14(6-8-15)16-11-17(19)13-20-12-16/h3,5-8,11-13H,1,4,9-10H2,2H3. The highest BCUT2D eigenvalue weighted by Gasteiger charge is 2.13. The van der Waals surface area contributed by atoms with Crippen molar-refractivity contribution < 1.29 is 9.18 Å². The highest BCUT2D eigenvalue weighted by molar-refractivity contribution is 5.94. The zero-order valence-corrected chi connectivity index (χ0v) is 12.6. The number of hydrogen-bond acceptors (Lipinski definition) is 2. The minimum absolute atomic E-state index is 0.0225. The molecule has 0 saturated carbocycles. The Bertz CT molecular complexity index is 652. The number of rotatable bonds is 6. The van der Waals surface area contributed by atoms with Gasteiger partial charge in [-0.05, 0) is 30.2 Å². The maximum absolute atomic E-state index is 13.2. The Morgan fingerprint density at radius 1 is 1.27 bits per heavy atom. The summed E-state index contributed by atoms with van der Waals surface area (Å²) in [5, 5.41) is 0. The van der Waals surface area contributed by atoms with Gasteiger partial charge in [-0.3, -0.25) is 9.78 Å². The van der Waals surface area contributed by atoms with E-state index < -0.39 is 0 Å². The molecule has 3 nitrogen and oxygen atoms in total. The van der Waals surface area contributed by atoms with Crippen LogP contribution in [0.3, 0.4) is 0 Å². The van der Waals surface area contributed by atoms with E-state index in [0.29, 0.717) is 24.2 Å². The molecule has 0 unspecified atom stereocenters. The van der Waals surface area contributed by atoms with Gasteiger partial charge in [0.15, 0.2) is 0 Å². The molecule has 0 N–H and O–H groups in total. The molecular formula is C18H19FN2O. The van der Waals surface area contributed by atoms with E-state index >= 15 is 0 Å². The van der Waals surface area contributed by atoms with Gasteiger partial charge < -0.3 is 4.90 Å². The van der Waals surface area contributed by atoms with Crippen LogP contribution < -0.4 is 0 Å². The Morgan fingerprint density at radius 2 is 2.00 bits per heavy atom. The molecule has 114 valence electrons. The van der Waals surface area contributed by atoms with Crippen molar-refractivity contribution in [3.8, 4) is 11.1 Å². The third-order valence-electron chi connectivity index (χ3n) is 3.30. The first-order valence-corrected chi connectivity index (χ1v) is 7.27. The summed E-state index contributed by atoms with van der Waals surface area (Å²) < 4.78 is 13.2. The van der Waals surface area contributed by atoms with Crippen LogP contribution in [0.1, 0.15) is 23.7 Å². The van der Waals surface area contributed by atoms with Crippen molar-refractivity contribution in [1.29, 1.82) is 0 Å². The fraction of sp³-hybridized carbons (Fsp3) is 0.222. The molecule has 1 amide bonds. The van der Waals surface area contributed by atoms with Crippen molar-refractivity contribution in [2.45, 2.75) is 13.3 Å². The predicted octanol–water partition coefficient (Wildman–Crippen LogP) is 3.93. The molecule has 0 atom stereocenters. The number of amides is 1. The SMILES string of the molecule is C=CCN(CCC)C(=O)c1ccc(-c2cncc(F)c2)cc1. The van der Waals surface area contributed by atoms with E-state index in [9.17, 15) is 9.18 Å². The minimum atomic E-state index is -0.377. The number of nitrogens with zero attached hydrogens (tertiary/aromatic N) is 2. The zero-order chi connectivity index (χ0) is 15.9. The van der Waals surface area contributed by atoms with Gasteiger partial charge >= 0.3 is 0 Å². The van der Waals surface area contributed by atoms with Crippen molar-refractivity contribution in [1.82, 2.24) is 9.88 Å². The first kappa shape index (κ1) is 15.9. The van der Waals surface area contributed by atoms with Gasteiger partial charge in [-0.1, -0.05) is 25.1 Å². The molecule has 1 heterocycles. The quantitative estimate of drug-likeness (QED) is 0.757. The third kappa shape index (κ3) is 3.79. The van der Waals surface area contributed by atoms with Gasteiger partial charge in [0.25, 0.3) is 5.91 Å². The van der Waals surface area contributed by atoms with Crippen LogP contribution in [-0.2, 0) is 0 Å². The van der Waals surface area contributed by atoms with E-state index in [1.807, 2.05) is 19.1 Å². The molecule has 2 rings (SSSR count). The summed E-state index contributed by atoms with van der Waals surface area (Å²) >= 11 is 0. The number of pyridine rings is 1. The lowest BCUT2D eigenvalue weighted by molar-refractivity contribution is 0.0774. The average Bonchev–Trinajstić information content (AvgIpc) is 2.54. The Labute approximate surface area is 130 Å². The van der Waals surface area contributed by atoms with Crippen LogP contribution in [0.25, 0.3) is 11.1 Å². The van der Waals surface area contributed by atoms with Crippen LogP contribution in [0.2, 0.25) is 0 Å². The summed E-state index contributed by atoms with van der Waals surface area (Å²) in [6, 6.07) is 8.55. The van der Waals surface area contributed by atoms with Gasteiger partial charge in [-0.2, -0.15) is 0 Å². The first-order valence-electron chi connectivity index (χ1n) is 7.27. The van der Waals surface area contributed by atoms with Crippen LogP contribution in [-0.4, -0.2) is 28.9 Å². The maximum Gasteiger partial charge on any atom is 0.254 e. The molecule has 1 aromatic heterocycles. The van der Waals surface area contributed by atoms with Gasteiger partial charge in [0.1, 0.15) is 5.82 Å². The molecule has 0 bridgehead atoms.